The van der Waals surface area contributed by atoms with Gasteiger partial charge in [-0.05, 0) is 49.3 Å². The van der Waals surface area contributed by atoms with Gasteiger partial charge >= 0.3 is 0 Å². The van der Waals surface area contributed by atoms with Gasteiger partial charge in [0.15, 0.2) is 0 Å². The molecule has 0 aliphatic heterocycles. The SMILES string of the molecule is CCCC1CCCc2ccccc2C1NCC. The second-order valence-corrected chi connectivity index (χ2v) is 5.18. The van der Waals surface area contributed by atoms with Crippen molar-refractivity contribution in [2.45, 2.75) is 52.0 Å². The monoisotopic (exact) mass is 231 g/mol. The van der Waals surface area contributed by atoms with Gasteiger partial charge in [-0.1, -0.05) is 44.5 Å². The number of rotatable bonds is 4. The van der Waals surface area contributed by atoms with Crippen LogP contribution >= 0.6 is 0 Å². The zero-order valence-corrected chi connectivity index (χ0v) is 11.2. The van der Waals surface area contributed by atoms with Gasteiger partial charge in [0.1, 0.15) is 0 Å². The quantitative estimate of drug-likeness (QED) is 0.770. The van der Waals surface area contributed by atoms with E-state index in [4.69, 9.17) is 0 Å². The molecule has 2 rings (SSSR count). The van der Waals surface area contributed by atoms with Crippen LogP contribution in [-0.4, -0.2) is 6.54 Å². The van der Waals surface area contributed by atoms with Crippen molar-refractivity contribution in [1.29, 1.82) is 0 Å². The summed E-state index contributed by atoms with van der Waals surface area (Å²) in [5.74, 6) is 0.823. The van der Waals surface area contributed by atoms with Crippen LogP contribution in [0.25, 0.3) is 0 Å². The second kappa shape index (κ2) is 6.20. The standard InChI is InChI=1S/C16H25N/c1-3-8-14-11-7-10-13-9-5-6-12-15(13)16(14)17-4-2/h5-6,9,12,14,16-17H,3-4,7-8,10-11H2,1-2H3. The lowest BCUT2D eigenvalue weighted by Gasteiger charge is -2.27. The first-order valence-electron chi connectivity index (χ1n) is 7.18. The predicted molar refractivity (Wildman–Crippen MR) is 74.2 cm³/mol. The summed E-state index contributed by atoms with van der Waals surface area (Å²) in [7, 11) is 0. The van der Waals surface area contributed by atoms with E-state index in [1.807, 2.05) is 0 Å². The Hall–Kier alpha value is -0.820. The van der Waals surface area contributed by atoms with E-state index in [0.717, 1.165) is 12.5 Å². The Labute approximate surface area is 106 Å². The molecule has 0 radical (unpaired) electrons. The predicted octanol–water partition coefficient (Wildman–Crippen LogP) is 4.09. The molecule has 0 saturated carbocycles. The average molecular weight is 231 g/mol. The van der Waals surface area contributed by atoms with E-state index in [1.54, 1.807) is 11.1 Å². The third kappa shape index (κ3) is 2.90. The summed E-state index contributed by atoms with van der Waals surface area (Å²) >= 11 is 0. The molecular weight excluding hydrogens is 206 g/mol. The number of hydrogen-bond acceptors (Lipinski definition) is 1. The van der Waals surface area contributed by atoms with E-state index >= 15 is 0 Å². The van der Waals surface area contributed by atoms with Gasteiger partial charge in [0.05, 0.1) is 0 Å². The highest BCUT2D eigenvalue weighted by atomic mass is 14.9. The number of benzene rings is 1. The zero-order valence-electron chi connectivity index (χ0n) is 11.2. The van der Waals surface area contributed by atoms with Crippen molar-refractivity contribution in [1.82, 2.24) is 5.32 Å². The summed E-state index contributed by atoms with van der Waals surface area (Å²) in [5, 5.41) is 3.72. The summed E-state index contributed by atoms with van der Waals surface area (Å²) in [6.45, 7) is 5.59. The summed E-state index contributed by atoms with van der Waals surface area (Å²) < 4.78 is 0. The van der Waals surface area contributed by atoms with Crippen molar-refractivity contribution in [2.75, 3.05) is 6.54 Å². The fraction of sp³-hybridized carbons (Fsp3) is 0.625. The van der Waals surface area contributed by atoms with Gasteiger partial charge < -0.3 is 5.32 Å². The third-order valence-electron chi connectivity index (χ3n) is 3.97. The molecule has 94 valence electrons. The largest absolute Gasteiger partial charge is 0.310 e. The van der Waals surface area contributed by atoms with Crippen molar-refractivity contribution in [3.8, 4) is 0 Å². The van der Waals surface area contributed by atoms with Crippen molar-refractivity contribution >= 4 is 0 Å². The highest BCUT2D eigenvalue weighted by molar-refractivity contribution is 5.31. The van der Waals surface area contributed by atoms with Gasteiger partial charge in [-0.25, -0.2) is 0 Å². The molecule has 1 heteroatoms. The van der Waals surface area contributed by atoms with Crippen LogP contribution in [0.3, 0.4) is 0 Å². The Balaban J connectivity index is 2.29. The lowest BCUT2D eigenvalue weighted by atomic mass is 9.87. The van der Waals surface area contributed by atoms with E-state index in [9.17, 15) is 0 Å². The second-order valence-electron chi connectivity index (χ2n) is 5.18. The molecule has 2 unspecified atom stereocenters. The minimum atomic E-state index is 0.582. The maximum Gasteiger partial charge on any atom is 0.0351 e. The van der Waals surface area contributed by atoms with Crippen LogP contribution in [0.1, 0.15) is 56.7 Å². The number of fused-ring (bicyclic) bond motifs is 1. The molecule has 1 aliphatic carbocycles. The molecule has 1 nitrogen and oxygen atoms in total. The first-order chi connectivity index (χ1) is 8.36. The van der Waals surface area contributed by atoms with Crippen molar-refractivity contribution in [3.05, 3.63) is 35.4 Å². The summed E-state index contributed by atoms with van der Waals surface area (Å²) in [6.07, 6.45) is 6.64. The fourth-order valence-electron chi connectivity index (χ4n) is 3.22. The van der Waals surface area contributed by atoms with Crippen molar-refractivity contribution in [2.24, 2.45) is 5.92 Å². The van der Waals surface area contributed by atoms with Crippen LogP contribution < -0.4 is 5.32 Å². The fourth-order valence-corrected chi connectivity index (χ4v) is 3.22. The number of hydrogen-bond donors (Lipinski definition) is 1. The molecule has 0 amide bonds. The Bertz CT molecular complexity index is 345. The minimum Gasteiger partial charge on any atom is -0.310 e. The van der Waals surface area contributed by atoms with Crippen LogP contribution in [0, 0.1) is 5.92 Å². The van der Waals surface area contributed by atoms with Crippen molar-refractivity contribution < 1.29 is 0 Å². The summed E-state index contributed by atoms with van der Waals surface area (Å²) in [4.78, 5) is 0. The number of aryl methyl sites for hydroxylation is 1. The molecule has 0 aromatic heterocycles. The molecule has 0 heterocycles. The van der Waals surface area contributed by atoms with Gasteiger partial charge in [0.25, 0.3) is 0 Å². The Morgan fingerprint density at radius 1 is 1.24 bits per heavy atom. The highest BCUT2D eigenvalue weighted by Gasteiger charge is 2.25. The molecule has 0 spiro atoms. The highest BCUT2D eigenvalue weighted by Crippen LogP contribution is 2.35. The molecule has 0 saturated heterocycles. The maximum absolute atomic E-state index is 3.72. The minimum absolute atomic E-state index is 0.582. The van der Waals surface area contributed by atoms with Gasteiger partial charge in [-0.3, -0.25) is 0 Å². The molecule has 1 N–H and O–H groups in total. The third-order valence-corrected chi connectivity index (χ3v) is 3.97. The first kappa shape index (κ1) is 12.6. The number of nitrogens with one attached hydrogen (secondary N) is 1. The molecule has 1 aliphatic rings. The normalized spacial score (nSPS) is 24.1. The molecular formula is C16H25N. The van der Waals surface area contributed by atoms with E-state index in [1.165, 1.54) is 32.1 Å². The summed E-state index contributed by atoms with van der Waals surface area (Å²) in [5.41, 5.74) is 3.13. The molecule has 1 aromatic rings. The molecule has 2 atom stereocenters. The van der Waals surface area contributed by atoms with Gasteiger partial charge in [0.2, 0.25) is 0 Å². The lowest BCUT2D eigenvalue weighted by Crippen LogP contribution is -2.28. The van der Waals surface area contributed by atoms with E-state index < -0.39 is 0 Å². The van der Waals surface area contributed by atoms with E-state index in [2.05, 4.69) is 43.4 Å². The maximum atomic E-state index is 3.72. The topological polar surface area (TPSA) is 12.0 Å². The van der Waals surface area contributed by atoms with Gasteiger partial charge in [-0.2, -0.15) is 0 Å². The van der Waals surface area contributed by atoms with Crippen LogP contribution in [0.4, 0.5) is 0 Å². The summed E-state index contributed by atoms with van der Waals surface area (Å²) in [6, 6.07) is 9.60. The molecule has 0 fully saturated rings. The van der Waals surface area contributed by atoms with E-state index in [0.29, 0.717) is 6.04 Å². The van der Waals surface area contributed by atoms with Crippen LogP contribution in [0.5, 0.6) is 0 Å². The van der Waals surface area contributed by atoms with Crippen molar-refractivity contribution in [3.63, 3.8) is 0 Å². The first-order valence-corrected chi connectivity index (χ1v) is 7.18. The Morgan fingerprint density at radius 2 is 2.06 bits per heavy atom. The van der Waals surface area contributed by atoms with Crippen LogP contribution in [0.2, 0.25) is 0 Å². The zero-order chi connectivity index (χ0) is 12.1. The van der Waals surface area contributed by atoms with Crippen LogP contribution in [0.15, 0.2) is 24.3 Å². The van der Waals surface area contributed by atoms with Gasteiger partial charge in [-0.15, -0.1) is 0 Å². The van der Waals surface area contributed by atoms with Gasteiger partial charge in [0, 0.05) is 6.04 Å². The Morgan fingerprint density at radius 3 is 2.82 bits per heavy atom. The smallest absolute Gasteiger partial charge is 0.0351 e. The molecule has 17 heavy (non-hydrogen) atoms. The Kier molecular flexibility index (Phi) is 4.61. The lowest BCUT2D eigenvalue weighted by molar-refractivity contribution is 0.326. The molecule has 1 aromatic carbocycles. The van der Waals surface area contributed by atoms with Crippen LogP contribution in [-0.2, 0) is 6.42 Å². The molecule has 0 bridgehead atoms. The van der Waals surface area contributed by atoms with E-state index in [-0.39, 0.29) is 0 Å². The average Bonchev–Trinajstić information content (AvgIpc) is 2.51.